The first-order valence-electron chi connectivity index (χ1n) is 7.27. The van der Waals surface area contributed by atoms with Crippen LogP contribution in [0.1, 0.15) is 17.3 Å². The van der Waals surface area contributed by atoms with Crippen LogP contribution in [-0.4, -0.2) is 36.4 Å². The molecule has 0 fully saturated rings. The molecule has 0 spiro atoms. The molecule has 1 aromatic heterocycles. The highest BCUT2D eigenvalue weighted by Gasteiger charge is 2.23. The van der Waals surface area contributed by atoms with Crippen LogP contribution in [0.4, 0.5) is 0 Å². The van der Waals surface area contributed by atoms with Crippen molar-refractivity contribution in [2.45, 2.75) is 12.5 Å². The molecule has 1 aromatic carbocycles. The average molecular weight is 352 g/mol. The first-order valence-corrected chi connectivity index (χ1v) is 8.03. The molecule has 1 amide bonds. The van der Waals surface area contributed by atoms with Gasteiger partial charge in [-0.1, -0.05) is 29.3 Å². The molecule has 0 bridgehead atoms. The van der Waals surface area contributed by atoms with Gasteiger partial charge in [0.2, 0.25) is 5.91 Å². The van der Waals surface area contributed by atoms with Crippen molar-refractivity contribution in [3.63, 3.8) is 0 Å². The summed E-state index contributed by atoms with van der Waals surface area (Å²) < 4.78 is 0. The second-order valence-electron chi connectivity index (χ2n) is 5.43. The number of nitrogens with one attached hydrogen (secondary N) is 1. The second kappa shape index (κ2) is 8.29. The summed E-state index contributed by atoms with van der Waals surface area (Å²) in [6.45, 7) is 0.522. The molecule has 0 radical (unpaired) electrons. The Bertz CT molecular complexity index is 642. The molecule has 122 valence electrons. The zero-order valence-electron chi connectivity index (χ0n) is 13.1. The Morgan fingerprint density at radius 1 is 1.22 bits per heavy atom. The molecule has 2 aromatic rings. The fraction of sp³-hybridized carbons (Fsp3) is 0.294. The van der Waals surface area contributed by atoms with Gasteiger partial charge in [0.1, 0.15) is 6.04 Å². The fourth-order valence-corrected chi connectivity index (χ4v) is 2.92. The Morgan fingerprint density at radius 3 is 2.48 bits per heavy atom. The van der Waals surface area contributed by atoms with E-state index in [0.717, 1.165) is 11.3 Å². The maximum Gasteiger partial charge on any atom is 0.241 e. The Labute approximate surface area is 146 Å². The van der Waals surface area contributed by atoms with Gasteiger partial charge in [0, 0.05) is 34.9 Å². The third kappa shape index (κ3) is 5.20. The predicted octanol–water partition coefficient (Wildman–Crippen LogP) is 3.35. The maximum absolute atomic E-state index is 12.5. The summed E-state index contributed by atoms with van der Waals surface area (Å²) >= 11 is 12.1. The largest absolute Gasteiger partial charge is 0.354 e. The molecule has 0 saturated heterocycles. The van der Waals surface area contributed by atoms with Crippen molar-refractivity contribution in [3.05, 3.63) is 63.9 Å². The van der Waals surface area contributed by atoms with Gasteiger partial charge >= 0.3 is 0 Å². The van der Waals surface area contributed by atoms with Crippen molar-refractivity contribution in [1.29, 1.82) is 0 Å². The molecule has 4 nitrogen and oxygen atoms in total. The van der Waals surface area contributed by atoms with Gasteiger partial charge in [0.25, 0.3) is 0 Å². The summed E-state index contributed by atoms with van der Waals surface area (Å²) in [5.41, 5.74) is 1.71. The Kier molecular flexibility index (Phi) is 6.39. The van der Waals surface area contributed by atoms with E-state index < -0.39 is 6.04 Å². The number of aromatic nitrogens is 1. The molecule has 1 heterocycles. The lowest BCUT2D eigenvalue weighted by Crippen LogP contribution is -2.38. The first kappa shape index (κ1) is 17.7. The number of carbonyl (C=O) groups is 1. The summed E-state index contributed by atoms with van der Waals surface area (Å²) in [5, 5.41) is 3.97. The number of rotatable bonds is 6. The van der Waals surface area contributed by atoms with Gasteiger partial charge < -0.3 is 5.32 Å². The number of hydrogen-bond donors (Lipinski definition) is 1. The van der Waals surface area contributed by atoms with Crippen molar-refractivity contribution in [3.8, 4) is 0 Å². The van der Waals surface area contributed by atoms with Crippen LogP contribution in [0, 0.1) is 0 Å². The number of nitrogens with zero attached hydrogens (tertiary/aromatic N) is 2. The molecule has 6 heteroatoms. The van der Waals surface area contributed by atoms with Crippen LogP contribution < -0.4 is 5.32 Å². The number of amides is 1. The Balaban J connectivity index is 2.04. The molecule has 2 rings (SSSR count). The highest BCUT2D eigenvalue weighted by molar-refractivity contribution is 6.34. The number of benzene rings is 1. The summed E-state index contributed by atoms with van der Waals surface area (Å²) in [5.74, 6) is -0.0933. The standard InChI is InChI=1S/C17H19Cl2N3O/c1-22(2)16(12-9-13(18)11-14(19)10-12)17(23)21-8-6-15-5-3-4-7-20-15/h3-5,7,9-11,16H,6,8H2,1-2H3,(H,21,23). The number of carbonyl (C=O) groups excluding carboxylic acids is 1. The quantitative estimate of drug-likeness (QED) is 0.867. The Hall–Kier alpha value is -1.62. The molecular formula is C17H19Cl2N3O. The number of pyridine rings is 1. The highest BCUT2D eigenvalue weighted by Crippen LogP contribution is 2.26. The molecule has 23 heavy (non-hydrogen) atoms. The van der Waals surface area contributed by atoms with E-state index in [9.17, 15) is 4.79 Å². The third-order valence-electron chi connectivity index (χ3n) is 3.37. The minimum absolute atomic E-state index is 0.0933. The van der Waals surface area contributed by atoms with E-state index >= 15 is 0 Å². The summed E-state index contributed by atoms with van der Waals surface area (Å²) in [6, 6.07) is 10.5. The second-order valence-corrected chi connectivity index (χ2v) is 6.30. The summed E-state index contributed by atoms with van der Waals surface area (Å²) in [7, 11) is 3.69. The molecule has 0 saturated carbocycles. The van der Waals surface area contributed by atoms with E-state index in [4.69, 9.17) is 23.2 Å². The monoisotopic (exact) mass is 351 g/mol. The molecule has 0 aliphatic rings. The van der Waals surface area contributed by atoms with Gasteiger partial charge in [-0.2, -0.15) is 0 Å². The van der Waals surface area contributed by atoms with Crippen LogP contribution in [0.25, 0.3) is 0 Å². The molecule has 0 aliphatic heterocycles. The first-order chi connectivity index (χ1) is 11.0. The minimum Gasteiger partial charge on any atom is -0.354 e. The lowest BCUT2D eigenvalue weighted by Gasteiger charge is -2.24. The van der Waals surface area contributed by atoms with Crippen LogP contribution >= 0.6 is 23.2 Å². The van der Waals surface area contributed by atoms with Crippen molar-refractivity contribution in [2.24, 2.45) is 0 Å². The lowest BCUT2D eigenvalue weighted by molar-refractivity contribution is -0.125. The average Bonchev–Trinajstić information content (AvgIpc) is 2.47. The van der Waals surface area contributed by atoms with E-state index in [1.165, 1.54) is 0 Å². The van der Waals surface area contributed by atoms with Crippen molar-refractivity contribution < 1.29 is 4.79 Å². The smallest absolute Gasteiger partial charge is 0.241 e. The minimum atomic E-state index is -0.449. The van der Waals surface area contributed by atoms with Gasteiger partial charge in [-0.15, -0.1) is 0 Å². The van der Waals surface area contributed by atoms with Gasteiger partial charge in [-0.25, -0.2) is 0 Å². The van der Waals surface area contributed by atoms with Crippen LogP contribution in [0.3, 0.4) is 0 Å². The summed E-state index contributed by atoms with van der Waals surface area (Å²) in [4.78, 5) is 18.6. The van der Waals surface area contributed by atoms with Crippen molar-refractivity contribution in [1.82, 2.24) is 15.2 Å². The SMILES string of the molecule is CN(C)C(C(=O)NCCc1ccccn1)c1cc(Cl)cc(Cl)c1. The van der Waals surface area contributed by atoms with Crippen molar-refractivity contribution >= 4 is 29.1 Å². The maximum atomic E-state index is 12.5. The molecule has 0 aliphatic carbocycles. The van der Waals surface area contributed by atoms with Gasteiger partial charge in [0.05, 0.1) is 0 Å². The molecular weight excluding hydrogens is 333 g/mol. The van der Waals surface area contributed by atoms with Crippen molar-refractivity contribution in [2.75, 3.05) is 20.6 Å². The van der Waals surface area contributed by atoms with E-state index in [2.05, 4.69) is 10.3 Å². The molecule has 1 unspecified atom stereocenters. The van der Waals surface area contributed by atoms with Gasteiger partial charge in [0.15, 0.2) is 0 Å². The topological polar surface area (TPSA) is 45.2 Å². The van der Waals surface area contributed by atoms with E-state index in [0.29, 0.717) is 23.0 Å². The van der Waals surface area contributed by atoms with E-state index in [1.54, 1.807) is 24.4 Å². The van der Waals surface area contributed by atoms with Gasteiger partial charge in [-0.05, 0) is 50.0 Å². The molecule has 1 N–H and O–H groups in total. The Morgan fingerprint density at radius 2 is 1.91 bits per heavy atom. The lowest BCUT2D eigenvalue weighted by atomic mass is 10.1. The van der Waals surface area contributed by atoms with E-state index in [1.807, 2.05) is 37.2 Å². The number of likely N-dealkylation sites (N-methyl/N-ethyl adjacent to an activating group) is 1. The zero-order chi connectivity index (χ0) is 16.8. The van der Waals surface area contributed by atoms with Gasteiger partial charge in [-0.3, -0.25) is 14.7 Å². The van der Waals surface area contributed by atoms with Crippen LogP contribution in [0.2, 0.25) is 10.0 Å². The number of hydrogen-bond acceptors (Lipinski definition) is 3. The van der Waals surface area contributed by atoms with E-state index in [-0.39, 0.29) is 5.91 Å². The van der Waals surface area contributed by atoms with Crippen LogP contribution in [0.5, 0.6) is 0 Å². The van der Waals surface area contributed by atoms with Crippen LogP contribution in [0.15, 0.2) is 42.6 Å². The fourth-order valence-electron chi connectivity index (χ4n) is 2.37. The number of halogens is 2. The normalized spacial score (nSPS) is 12.2. The highest BCUT2D eigenvalue weighted by atomic mass is 35.5. The predicted molar refractivity (Wildman–Crippen MR) is 93.8 cm³/mol. The molecule has 1 atom stereocenters. The summed E-state index contributed by atoms with van der Waals surface area (Å²) in [6.07, 6.45) is 2.43. The third-order valence-corrected chi connectivity index (χ3v) is 3.81. The van der Waals surface area contributed by atoms with Crippen LogP contribution in [-0.2, 0) is 11.2 Å². The zero-order valence-corrected chi connectivity index (χ0v) is 14.6.